The number of pyridine rings is 1. The number of nitrogens with zero attached hydrogens (tertiary/aromatic N) is 8. The van der Waals surface area contributed by atoms with Crippen LogP contribution in [0.5, 0.6) is 5.75 Å². The molecule has 0 saturated carbocycles. The smallest absolute Gasteiger partial charge is 0.179 e. The van der Waals surface area contributed by atoms with Crippen LogP contribution in [0, 0.1) is 18.4 Å². The summed E-state index contributed by atoms with van der Waals surface area (Å²) in [6.45, 7) is 5.54. The van der Waals surface area contributed by atoms with Crippen molar-refractivity contribution in [1.82, 2.24) is 34.4 Å². The van der Waals surface area contributed by atoms with Crippen molar-refractivity contribution in [3.63, 3.8) is 0 Å². The number of rotatable bonds is 6. The summed E-state index contributed by atoms with van der Waals surface area (Å²) in [6, 6.07) is 10.1. The lowest BCUT2D eigenvalue weighted by molar-refractivity contribution is 0.224. The molecule has 4 heterocycles. The molecule has 6 rings (SSSR count). The molecule has 180 valence electrons. The van der Waals surface area contributed by atoms with Gasteiger partial charge < -0.3 is 9.64 Å². The first-order chi connectivity index (χ1) is 17.6. The van der Waals surface area contributed by atoms with Crippen LogP contribution in [0.25, 0.3) is 28.0 Å². The van der Waals surface area contributed by atoms with E-state index in [2.05, 4.69) is 34.1 Å². The van der Waals surface area contributed by atoms with E-state index in [1.165, 1.54) is 0 Å². The SMILES string of the molecule is Cc1c(-c2cc(O[C@H](C)c3ccccn3)c3c(c2)ncn3C2=C=CC2)nnn1C1CCN(C#N)CC1. The number of hydrogen-bond acceptors (Lipinski definition) is 7. The van der Waals surface area contributed by atoms with Gasteiger partial charge in [-0.25, -0.2) is 9.67 Å². The Morgan fingerprint density at radius 2 is 2.03 bits per heavy atom. The van der Waals surface area contributed by atoms with E-state index in [-0.39, 0.29) is 12.1 Å². The van der Waals surface area contributed by atoms with Gasteiger partial charge in [-0.3, -0.25) is 9.55 Å². The average Bonchev–Trinajstić information content (AvgIpc) is 3.47. The number of benzene rings is 1. The van der Waals surface area contributed by atoms with Crippen LogP contribution in [0.1, 0.15) is 49.7 Å². The Morgan fingerprint density at radius 1 is 1.19 bits per heavy atom. The average molecular weight is 479 g/mol. The highest BCUT2D eigenvalue weighted by Crippen LogP contribution is 2.37. The maximum absolute atomic E-state index is 9.17. The molecule has 0 bridgehead atoms. The van der Waals surface area contributed by atoms with E-state index in [1.54, 1.807) is 11.1 Å². The normalized spacial score (nSPS) is 16.5. The highest BCUT2D eigenvalue weighted by molar-refractivity contribution is 5.90. The van der Waals surface area contributed by atoms with Gasteiger partial charge in [-0.2, -0.15) is 5.26 Å². The van der Waals surface area contributed by atoms with Gasteiger partial charge in [-0.15, -0.1) is 10.8 Å². The Labute approximate surface area is 209 Å². The fourth-order valence-electron chi connectivity index (χ4n) is 4.94. The van der Waals surface area contributed by atoms with Gasteiger partial charge in [0.05, 0.1) is 28.6 Å². The van der Waals surface area contributed by atoms with Crippen LogP contribution in [-0.4, -0.2) is 47.5 Å². The summed E-state index contributed by atoms with van der Waals surface area (Å²) >= 11 is 0. The summed E-state index contributed by atoms with van der Waals surface area (Å²) in [5, 5.41) is 18.2. The highest BCUT2D eigenvalue weighted by atomic mass is 16.5. The number of fused-ring (bicyclic) bond motifs is 1. The van der Waals surface area contributed by atoms with Crippen LogP contribution in [-0.2, 0) is 0 Å². The number of piperidine rings is 1. The Morgan fingerprint density at radius 3 is 2.72 bits per heavy atom. The quantitative estimate of drug-likeness (QED) is 0.294. The maximum atomic E-state index is 9.17. The van der Waals surface area contributed by atoms with Crippen molar-refractivity contribution in [2.45, 2.75) is 45.3 Å². The van der Waals surface area contributed by atoms with Crippen LogP contribution in [0.3, 0.4) is 0 Å². The number of imidazole rings is 1. The van der Waals surface area contributed by atoms with Crippen molar-refractivity contribution < 1.29 is 4.74 Å². The molecule has 36 heavy (non-hydrogen) atoms. The van der Waals surface area contributed by atoms with Gasteiger partial charge in [0.25, 0.3) is 0 Å². The monoisotopic (exact) mass is 478 g/mol. The molecule has 1 aromatic carbocycles. The lowest BCUT2D eigenvalue weighted by Gasteiger charge is -2.28. The van der Waals surface area contributed by atoms with E-state index in [1.807, 2.05) is 58.9 Å². The van der Waals surface area contributed by atoms with E-state index in [9.17, 15) is 0 Å². The van der Waals surface area contributed by atoms with Crippen molar-refractivity contribution in [3.8, 4) is 23.2 Å². The lowest BCUT2D eigenvalue weighted by Crippen LogP contribution is -2.31. The third-order valence-corrected chi connectivity index (χ3v) is 7.02. The molecule has 1 aliphatic heterocycles. The number of ether oxygens (including phenoxy) is 1. The molecule has 1 fully saturated rings. The largest absolute Gasteiger partial charge is 0.482 e. The topological polar surface area (TPSA) is 97.7 Å². The first kappa shape index (κ1) is 22.1. The van der Waals surface area contributed by atoms with E-state index >= 15 is 0 Å². The Kier molecular flexibility index (Phi) is 5.51. The molecule has 9 heteroatoms. The Balaban J connectivity index is 1.40. The van der Waals surface area contributed by atoms with Crippen molar-refractivity contribution >= 4 is 16.7 Å². The zero-order valence-electron chi connectivity index (χ0n) is 20.3. The van der Waals surface area contributed by atoms with Gasteiger partial charge in [0.2, 0.25) is 0 Å². The molecule has 2 aliphatic rings. The molecule has 0 amide bonds. The number of hydrogen-bond donors (Lipinski definition) is 0. The van der Waals surface area contributed by atoms with Gasteiger partial charge in [0.1, 0.15) is 29.4 Å². The highest BCUT2D eigenvalue weighted by Gasteiger charge is 2.25. The van der Waals surface area contributed by atoms with Gasteiger partial charge in [0, 0.05) is 31.3 Å². The van der Waals surface area contributed by atoms with Gasteiger partial charge >= 0.3 is 0 Å². The standard InChI is InChI=1S/C27H26N8O/c1-18-26(31-32-35(18)22-9-12-33(16-28)13-10-22)20-14-24-27(34(17-30-24)21-6-5-7-21)25(15-20)36-19(2)23-8-3-4-11-29-23/h3-5,8,11,14-15,17,19,22H,6,9-10,12-13H2,1-2H3/t19-/m1/s1. The van der Waals surface area contributed by atoms with Crippen molar-refractivity contribution in [2.24, 2.45) is 0 Å². The van der Waals surface area contributed by atoms with E-state index < -0.39 is 0 Å². The fourth-order valence-corrected chi connectivity index (χ4v) is 4.94. The van der Waals surface area contributed by atoms with Crippen LogP contribution in [0.4, 0.5) is 0 Å². The summed E-state index contributed by atoms with van der Waals surface area (Å²) in [4.78, 5) is 11.0. The van der Waals surface area contributed by atoms with E-state index in [0.29, 0.717) is 0 Å². The zero-order valence-corrected chi connectivity index (χ0v) is 20.3. The van der Waals surface area contributed by atoms with Gasteiger partial charge in [-0.1, -0.05) is 11.3 Å². The summed E-state index contributed by atoms with van der Waals surface area (Å²) in [7, 11) is 0. The van der Waals surface area contributed by atoms with Crippen LogP contribution < -0.4 is 4.74 Å². The molecule has 9 nitrogen and oxygen atoms in total. The zero-order chi connectivity index (χ0) is 24.6. The Hall–Kier alpha value is -4.41. The maximum Gasteiger partial charge on any atom is 0.179 e. The summed E-state index contributed by atoms with van der Waals surface area (Å²) < 4.78 is 10.6. The molecule has 0 unspecified atom stereocenters. The molecule has 3 aromatic heterocycles. The molecular formula is C27H26N8O. The second kappa shape index (κ2) is 8.99. The fraction of sp³-hybridized carbons (Fsp3) is 0.333. The molecule has 1 aliphatic carbocycles. The first-order valence-electron chi connectivity index (χ1n) is 12.2. The minimum atomic E-state index is -0.249. The van der Waals surface area contributed by atoms with Gasteiger partial charge in [-0.05, 0) is 57.0 Å². The second-order valence-corrected chi connectivity index (χ2v) is 9.26. The summed E-state index contributed by atoms with van der Waals surface area (Å²) in [5.41, 5.74) is 9.63. The molecule has 1 atom stereocenters. The first-order valence-corrected chi connectivity index (χ1v) is 12.2. The van der Waals surface area contributed by atoms with Crippen LogP contribution in [0.15, 0.2) is 54.7 Å². The summed E-state index contributed by atoms with van der Waals surface area (Å²) in [6.07, 6.45) is 10.2. The van der Waals surface area contributed by atoms with E-state index in [0.717, 1.165) is 77.5 Å². The molecule has 0 radical (unpaired) electrons. The van der Waals surface area contributed by atoms with Gasteiger partial charge in [0.15, 0.2) is 6.19 Å². The molecular weight excluding hydrogens is 452 g/mol. The molecule has 4 aromatic rings. The van der Waals surface area contributed by atoms with Crippen molar-refractivity contribution in [3.05, 3.63) is 66.1 Å². The lowest BCUT2D eigenvalue weighted by atomic mass is 10.0. The van der Waals surface area contributed by atoms with Crippen molar-refractivity contribution in [2.75, 3.05) is 13.1 Å². The second-order valence-electron chi connectivity index (χ2n) is 9.26. The van der Waals surface area contributed by atoms with Crippen LogP contribution >= 0.6 is 0 Å². The Bertz CT molecular complexity index is 1530. The third kappa shape index (κ3) is 3.82. The minimum absolute atomic E-state index is 0.232. The van der Waals surface area contributed by atoms with Crippen molar-refractivity contribution in [1.29, 1.82) is 5.26 Å². The predicted molar refractivity (Wildman–Crippen MR) is 135 cm³/mol. The van der Waals surface area contributed by atoms with Crippen LogP contribution in [0.2, 0.25) is 0 Å². The number of nitriles is 1. The third-order valence-electron chi connectivity index (χ3n) is 7.02. The predicted octanol–water partition coefficient (Wildman–Crippen LogP) is 4.66. The number of aromatic nitrogens is 6. The molecule has 1 saturated heterocycles. The molecule has 0 spiro atoms. The minimum Gasteiger partial charge on any atom is -0.482 e. The number of allylic oxidation sites excluding steroid dienone is 1. The summed E-state index contributed by atoms with van der Waals surface area (Å²) in [5.74, 6) is 0.718. The number of likely N-dealkylation sites (tertiary alicyclic amines) is 1. The molecule has 0 N–H and O–H groups in total. The van der Waals surface area contributed by atoms with E-state index in [4.69, 9.17) is 15.0 Å².